The van der Waals surface area contributed by atoms with Crippen LogP contribution >= 0.6 is 0 Å². The van der Waals surface area contributed by atoms with Gasteiger partial charge in [-0.3, -0.25) is 14.6 Å². The smallest absolute Gasteiger partial charge is 0.243 e. The molecule has 0 aliphatic carbocycles. The lowest BCUT2D eigenvalue weighted by molar-refractivity contribution is -0.141. The van der Waals surface area contributed by atoms with Crippen molar-refractivity contribution in [1.82, 2.24) is 15.2 Å². The Labute approximate surface area is 217 Å². The molecular formula is C31H30FN3O2. The van der Waals surface area contributed by atoms with Crippen LogP contribution in [0, 0.1) is 5.82 Å². The van der Waals surface area contributed by atoms with Crippen LogP contribution in [0.5, 0.6) is 0 Å². The molecule has 3 aromatic carbocycles. The summed E-state index contributed by atoms with van der Waals surface area (Å²) in [4.78, 5) is 32.9. The summed E-state index contributed by atoms with van der Waals surface area (Å²) < 4.78 is 13.6. The zero-order valence-corrected chi connectivity index (χ0v) is 20.6. The quantitative estimate of drug-likeness (QED) is 0.315. The van der Waals surface area contributed by atoms with Gasteiger partial charge in [-0.25, -0.2) is 4.39 Å². The van der Waals surface area contributed by atoms with Gasteiger partial charge in [0.2, 0.25) is 11.8 Å². The summed E-state index contributed by atoms with van der Waals surface area (Å²) in [5.41, 5.74) is 3.68. The van der Waals surface area contributed by atoms with Gasteiger partial charge in [-0.2, -0.15) is 0 Å². The van der Waals surface area contributed by atoms with Gasteiger partial charge in [-0.05, 0) is 52.9 Å². The van der Waals surface area contributed by atoms with Gasteiger partial charge >= 0.3 is 0 Å². The molecular weight excluding hydrogens is 465 g/mol. The first-order valence-electron chi connectivity index (χ1n) is 12.4. The van der Waals surface area contributed by atoms with Crippen LogP contribution in [-0.2, 0) is 35.5 Å². The first kappa shape index (κ1) is 25.8. The van der Waals surface area contributed by atoms with E-state index in [-0.39, 0.29) is 30.6 Å². The number of aromatic nitrogens is 1. The number of aryl methyl sites for hydroxylation is 1. The number of nitrogens with one attached hydrogen (secondary N) is 1. The van der Waals surface area contributed by atoms with Gasteiger partial charge in [0.25, 0.3) is 0 Å². The van der Waals surface area contributed by atoms with Crippen LogP contribution in [0.15, 0.2) is 109 Å². The molecule has 0 saturated heterocycles. The molecule has 6 heteroatoms. The van der Waals surface area contributed by atoms with Crippen LogP contribution in [0.1, 0.15) is 28.7 Å². The van der Waals surface area contributed by atoms with Crippen LogP contribution in [0.4, 0.5) is 4.39 Å². The molecule has 2 amide bonds. The number of carbonyl (C=O) groups excluding carboxylic acids is 2. The second-order valence-electron chi connectivity index (χ2n) is 8.91. The van der Waals surface area contributed by atoms with Gasteiger partial charge in [0, 0.05) is 38.3 Å². The third-order valence-corrected chi connectivity index (χ3v) is 6.22. The van der Waals surface area contributed by atoms with E-state index in [0.29, 0.717) is 19.4 Å². The SMILES string of the molecule is O=C(NCc1ccncc1)[C@@H](Cc1ccccc1)N(Cc1ccc(F)cc1)C(=O)CCc1ccccc1. The Kier molecular flexibility index (Phi) is 9.13. The number of hydrogen-bond donors (Lipinski definition) is 1. The van der Waals surface area contributed by atoms with Crippen LogP contribution in [0.25, 0.3) is 0 Å². The maximum absolute atomic E-state index is 13.7. The number of halogens is 1. The van der Waals surface area contributed by atoms with Crippen molar-refractivity contribution in [3.05, 3.63) is 138 Å². The van der Waals surface area contributed by atoms with E-state index in [4.69, 9.17) is 0 Å². The monoisotopic (exact) mass is 495 g/mol. The van der Waals surface area contributed by atoms with Crippen LogP contribution in [-0.4, -0.2) is 27.7 Å². The number of amides is 2. The van der Waals surface area contributed by atoms with E-state index in [1.165, 1.54) is 12.1 Å². The Morgan fingerprint density at radius 1 is 0.757 bits per heavy atom. The Morgan fingerprint density at radius 3 is 2.03 bits per heavy atom. The summed E-state index contributed by atoms with van der Waals surface area (Å²) in [6.07, 6.45) is 4.54. The van der Waals surface area contributed by atoms with Crippen molar-refractivity contribution in [2.75, 3.05) is 0 Å². The van der Waals surface area contributed by atoms with E-state index in [9.17, 15) is 14.0 Å². The van der Waals surface area contributed by atoms with Crippen LogP contribution < -0.4 is 5.32 Å². The predicted octanol–water partition coefficient (Wildman–Crippen LogP) is 5.11. The molecule has 1 heterocycles. The van der Waals surface area contributed by atoms with Crippen molar-refractivity contribution >= 4 is 11.8 Å². The Balaban J connectivity index is 1.60. The fraction of sp³-hybridized carbons (Fsp3) is 0.194. The van der Waals surface area contributed by atoms with Gasteiger partial charge in [-0.15, -0.1) is 0 Å². The number of pyridine rings is 1. The molecule has 0 unspecified atom stereocenters. The zero-order chi connectivity index (χ0) is 25.9. The highest BCUT2D eigenvalue weighted by Crippen LogP contribution is 2.17. The van der Waals surface area contributed by atoms with Crippen LogP contribution in [0.2, 0.25) is 0 Å². The molecule has 4 rings (SSSR count). The first-order valence-corrected chi connectivity index (χ1v) is 12.4. The third-order valence-electron chi connectivity index (χ3n) is 6.22. The van der Waals surface area contributed by atoms with Crippen molar-refractivity contribution in [2.45, 2.75) is 38.4 Å². The van der Waals surface area contributed by atoms with Crippen molar-refractivity contribution in [1.29, 1.82) is 0 Å². The summed E-state index contributed by atoms with van der Waals surface area (Å²) in [5.74, 6) is -0.717. The lowest BCUT2D eigenvalue weighted by atomic mass is 10.0. The van der Waals surface area contributed by atoms with Crippen LogP contribution in [0.3, 0.4) is 0 Å². The molecule has 0 bridgehead atoms. The third kappa shape index (κ3) is 7.84. The van der Waals surface area contributed by atoms with Crippen molar-refractivity contribution in [3.63, 3.8) is 0 Å². The van der Waals surface area contributed by atoms with E-state index >= 15 is 0 Å². The highest BCUT2D eigenvalue weighted by molar-refractivity contribution is 5.88. The number of rotatable bonds is 11. The molecule has 0 aliphatic rings. The molecule has 1 aromatic heterocycles. The highest BCUT2D eigenvalue weighted by Gasteiger charge is 2.30. The molecule has 0 saturated carbocycles. The maximum atomic E-state index is 13.7. The summed E-state index contributed by atoms with van der Waals surface area (Å²) >= 11 is 0. The Hall–Kier alpha value is -4.32. The lowest BCUT2D eigenvalue weighted by Gasteiger charge is -2.31. The summed E-state index contributed by atoms with van der Waals surface area (Å²) in [7, 11) is 0. The molecule has 4 aromatic rings. The van der Waals surface area contributed by atoms with E-state index in [1.807, 2.05) is 72.8 Å². The lowest BCUT2D eigenvalue weighted by Crippen LogP contribution is -2.50. The second-order valence-corrected chi connectivity index (χ2v) is 8.91. The first-order chi connectivity index (χ1) is 18.1. The zero-order valence-electron chi connectivity index (χ0n) is 20.6. The minimum atomic E-state index is -0.738. The molecule has 0 spiro atoms. The molecule has 5 nitrogen and oxygen atoms in total. The number of benzene rings is 3. The standard InChI is InChI=1S/C31H30FN3O2/c32-28-14-11-27(12-15-28)23-35(30(36)16-13-24-7-3-1-4-8-24)29(21-25-9-5-2-6-10-25)31(37)34-22-26-17-19-33-20-18-26/h1-12,14-15,17-20,29H,13,16,21-23H2,(H,34,37)/t29-/m1/s1. The predicted molar refractivity (Wildman–Crippen MR) is 142 cm³/mol. The molecule has 1 atom stereocenters. The van der Waals surface area contributed by atoms with E-state index in [2.05, 4.69) is 10.3 Å². The number of nitrogens with zero attached hydrogens (tertiary/aromatic N) is 2. The van der Waals surface area contributed by atoms with Crippen molar-refractivity contribution < 1.29 is 14.0 Å². The van der Waals surface area contributed by atoms with E-state index < -0.39 is 6.04 Å². The van der Waals surface area contributed by atoms with E-state index in [0.717, 1.165) is 22.3 Å². The maximum Gasteiger partial charge on any atom is 0.243 e. The molecule has 0 fully saturated rings. The molecule has 1 N–H and O–H groups in total. The summed E-state index contributed by atoms with van der Waals surface area (Å²) in [6.45, 7) is 0.531. The number of hydrogen-bond acceptors (Lipinski definition) is 3. The molecule has 188 valence electrons. The fourth-order valence-electron chi connectivity index (χ4n) is 4.19. The van der Waals surface area contributed by atoms with Gasteiger partial charge in [0.05, 0.1) is 0 Å². The Morgan fingerprint density at radius 2 is 1.38 bits per heavy atom. The number of carbonyl (C=O) groups is 2. The van der Waals surface area contributed by atoms with Gasteiger partial charge in [0.1, 0.15) is 11.9 Å². The average Bonchev–Trinajstić information content (AvgIpc) is 2.95. The highest BCUT2D eigenvalue weighted by atomic mass is 19.1. The fourth-order valence-corrected chi connectivity index (χ4v) is 4.19. The van der Waals surface area contributed by atoms with Crippen molar-refractivity contribution in [3.8, 4) is 0 Å². The topological polar surface area (TPSA) is 62.3 Å². The molecule has 37 heavy (non-hydrogen) atoms. The average molecular weight is 496 g/mol. The van der Waals surface area contributed by atoms with Gasteiger partial charge in [0.15, 0.2) is 0 Å². The Bertz CT molecular complexity index is 1270. The minimum Gasteiger partial charge on any atom is -0.350 e. The van der Waals surface area contributed by atoms with Gasteiger partial charge in [-0.1, -0.05) is 72.8 Å². The molecule has 0 aliphatic heterocycles. The van der Waals surface area contributed by atoms with E-state index in [1.54, 1.807) is 29.4 Å². The van der Waals surface area contributed by atoms with Crippen molar-refractivity contribution in [2.24, 2.45) is 0 Å². The minimum absolute atomic E-state index is 0.131. The normalized spacial score (nSPS) is 11.5. The second kappa shape index (κ2) is 13.1. The largest absolute Gasteiger partial charge is 0.350 e. The summed E-state index contributed by atoms with van der Waals surface area (Å²) in [6, 6.07) is 28.5. The summed E-state index contributed by atoms with van der Waals surface area (Å²) in [5, 5.41) is 3.00. The molecule has 0 radical (unpaired) electrons. The van der Waals surface area contributed by atoms with Gasteiger partial charge < -0.3 is 10.2 Å².